The van der Waals surface area contributed by atoms with Crippen molar-refractivity contribution in [1.82, 2.24) is 4.90 Å². The lowest BCUT2D eigenvalue weighted by atomic mass is 10.1. The Labute approximate surface area is 187 Å². The Bertz CT molecular complexity index is 1110. The average Bonchev–Trinajstić information content (AvgIpc) is 3.19. The zero-order chi connectivity index (χ0) is 23.0. The van der Waals surface area contributed by atoms with Gasteiger partial charge < -0.3 is 14.4 Å². The Morgan fingerprint density at radius 3 is 2.34 bits per heavy atom. The van der Waals surface area contributed by atoms with E-state index in [-0.39, 0.29) is 23.8 Å². The highest BCUT2D eigenvalue weighted by Crippen LogP contribution is 2.44. The molecule has 8 nitrogen and oxygen atoms in total. The number of nitrogens with zero attached hydrogens (tertiary/aromatic N) is 1. The first-order chi connectivity index (χ1) is 15.2. The molecule has 2 bridgehead atoms. The zero-order valence-electron chi connectivity index (χ0n) is 18.1. The van der Waals surface area contributed by atoms with Crippen molar-refractivity contribution in [2.24, 2.45) is 5.92 Å². The SMILES string of the molecule is COc1ccc(CN2C(=O)[C@H]3C[C@H](OC(C)=O)[C@@H]2[C@@H]3OS(=O)(=O)c2ccc(C)cc2)cc1. The normalized spacial score (nSPS) is 24.6. The number of hydrogen-bond acceptors (Lipinski definition) is 7. The van der Waals surface area contributed by atoms with Crippen molar-refractivity contribution < 1.29 is 31.7 Å². The second-order valence-corrected chi connectivity index (χ2v) is 9.70. The van der Waals surface area contributed by atoms with E-state index in [0.717, 1.165) is 11.1 Å². The minimum atomic E-state index is -4.10. The van der Waals surface area contributed by atoms with E-state index in [9.17, 15) is 18.0 Å². The molecule has 1 heterocycles. The van der Waals surface area contributed by atoms with Gasteiger partial charge in [0.1, 0.15) is 18.0 Å². The number of piperidine rings is 1. The summed E-state index contributed by atoms with van der Waals surface area (Å²) >= 11 is 0. The van der Waals surface area contributed by atoms with Crippen LogP contribution in [0.15, 0.2) is 53.4 Å². The molecule has 2 fully saturated rings. The molecule has 9 heteroatoms. The molecule has 0 radical (unpaired) electrons. The molecule has 2 aromatic rings. The summed E-state index contributed by atoms with van der Waals surface area (Å²) in [6.45, 7) is 3.39. The van der Waals surface area contributed by atoms with E-state index in [4.69, 9.17) is 13.7 Å². The number of rotatable bonds is 7. The average molecular weight is 460 g/mol. The van der Waals surface area contributed by atoms with Gasteiger partial charge in [0.15, 0.2) is 0 Å². The van der Waals surface area contributed by atoms with E-state index in [1.54, 1.807) is 36.3 Å². The van der Waals surface area contributed by atoms with Crippen molar-refractivity contribution in [2.45, 2.75) is 50.0 Å². The van der Waals surface area contributed by atoms with Crippen LogP contribution >= 0.6 is 0 Å². The standard InChI is InChI=1S/C23H25NO7S/c1-14-4-10-18(11-5-14)32(27,28)31-22-19-12-20(30-15(2)25)21(22)24(23(19)26)13-16-6-8-17(29-3)9-7-16/h4-11,19-22H,12-13H2,1-3H3/t19-,20-,21+,22+/m0/s1. The molecule has 1 amide bonds. The molecule has 4 rings (SSSR count). The van der Waals surface area contributed by atoms with Crippen molar-refractivity contribution in [3.8, 4) is 5.75 Å². The second kappa shape index (κ2) is 8.55. The van der Waals surface area contributed by atoms with E-state index in [2.05, 4.69) is 0 Å². The Morgan fingerprint density at radius 2 is 1.75 bits per heavy atom. The minimum absolute atomic E-state index is 0.0209. The van der Waals surface area contributed by atoms with Crippen LogP contribution in [0.3, 0.4) is 0 Å². The minimum Gasteiger partial charge on any atom is -0.497 e. The summed E-state index contributed by atoms with van der Waals surface area (Å²) in [5.41, 5.74) is 1.76. The monoisotopic (exact) mass is 459 g/mol. The molecule has 2 aliphatic rings. The number of benzene rings is 2. The molecule has 170 valence electrons. The number of carbonyl (C=O) groups excluding carboxylic acids is 2. The van der Waals surface area contributed by atoms with E-state index in [1.807, 2.05) is 19.1 Å². The highest BCUT2D eigenvalue weighted by molar-refractivity contribution is 7.86. The third-order valence-electron chi connectivity index (χ3n) is 5.94. The number of fused-ring (bicyclic) bond motifs is 2. The van der Waals surface area contributed by atoms with Gasteiger partial charge in [-0.1, -0.05) is 29.8 Å². The fourth-order valence-electron chi connectivity index (χ4n) is 4.43. The Hall–Kier alpha value is -2.91. The first kappa shape index (κ1) is 22.3. The lowest BCUT2D eigenvalue weighted by molar-refractivity contribution is -0.155. The first-order valence-corrected chi connectivity index (χ1v) is 11.7. The van der Waals surface area contributed by atoms with Crippen LogP contribution in [0.2, 0.25) is 0 Å². The topological polar surface area (TPSA) is 99.2 Å². The molecule has 1 aliphatic heterocycles. The van der Waals surface area contributed by atoms with Gasteiger partial charge in [0.05, 0.1) is 24.0 Å². The van der Waals surface area contributed by atoms with E-state index in [1.165, 1.54) is 19.1 Å². The predicted molar refractivity (Wildman–Crippen MR) is 114 cm³/mol. The van der Waals surface area contributed by atoms with Crippen molar-refractivity contribution in [2.75, 3.05) is 7.11 Å². The zero-order valence-corrected chi connectivity index (χ0v) is 18.9. The maximum absolute atomic E-state index is 13.1. The van der Waals surface area contributed by atoms with Crippen molar-refractivity contribution in [3.05, 3.63) is 59.7 Å². The maximum Gasteiger partial charge on any atom is 0.302 e. The third-order valence-corrected chi connectivity index (χ3v) is 7.26. The molecule has 1 aliphatic carbocycles. The fraction of sp³-hybridized carbons (Fsp3) is 0.391. The number of methoxy groups -OCH3 is 1. The summed E-state index contributed by atoms with van der Waals surface area (Å²) in [5.74, 6) is -0.716. The van der Waals surface area contributed by atoms with Crippen LogP contribution in [0.4, 0.5) is 0 Å². The van der Waals surface area contributed by atoms with Crippen LogP contribution in [0.25, 0.3) is 0 Å². The highest BCUT2D eigenvalue weighted by atomic mass is 32.2. The van der Waals surface area contributed by atoms with E-state index < -0.39 is 40.3 Å². The molecule has 0 aromatic heterocycles. The fourth-order valence-corrected chi connectivity index (χ4v) is 5.55. The number of hydrogen-bond donors (Lipinski definition) is 0. The van der Waals surface area contributed by atoms with Gasteiger partial charge in [-0.05, 0) is 36.8 Å². The van der Waals surface area contributed by atoms with Gasteiger partial charge in [-0.3, -0.25) is 13.8 Å². The number of ether oxygens (including phenoxy) is 2. The van der Waals surface area contributed by atoms with Crippen LogP contribution in [-0.4, -0.2) is 50.6 Å². The molecule has 0 unspecified atom stereocenters. The summed E-state index contributed by atoms with van der Waals surface area (Å²) in [6, 6.07) is 12.9. The Kier molecular flexibility index (Phi) is 5.96. The van der Waals surface area contributed by atoms with Gasteiger partial charge in [0, 0.05) is 19.9 Å². The number of esters is 1. The van der Waals surface area contributed by atoms with Crippen LogP contribution in [0.1, 0.15) is 24.5 Å². The summed E-state index contributed by atoms with van der Waals surface area (Å²) in [5, 5.41) is 0. The largest absolute Gasteiger partial charge is 0.497 e. The molecule has 32 heavy (non-hydrogen) atoms. The molecule has 0 spiro atoms. The third kappa shape index (κ3) is 4.22. The Balaban J connectivity index is 1.61. The Morgan fingerprint density at radius 1 is 1.09 bits per heavy atom. The lowest BCUT2D eigenvalue weighted by Gasteiger charge is -2.33. The van der Waals surface area contributed by atoms with E-state index >= 15 is 0 Å². The summed E-state index contributed by atoms with van der Waals surface area (Å²) < 4.78 is 42.0. The number of aryl methyl sites for hydroxylation is 1. The summed E-state index contributed by atoms with van der Waals surface area (Å²) in [6.07, 6.45) is -1.33. The molecular formula is C23H25NO7S. The van der Waals surface area contributed by atoms with Crippen molar-refractivity contribution >= 4 is 22.0 Å². The quantitative estimate of drug-likeness (QED) is 0.463. The molecule has 0 N–H and O–H groups in total. The second-order valence-electron chi connectivity index (χ2n) is 8.12. The highest BCUT2D eigenvalue weighted by Gasteiger charge is 2.61. The van der Waals surface area contributed by atoms with Crippen LogP contribution < -0.4 is 4.74 Å². The van der Waals surface area contributed by atoms with Gasteiger partial charge in [0.2, 0.25) is 5.91 Å². The van der Waals surface area contributed by atoms with Crippen LogP contribution in [0, 0.1) is 12.8 Å². The lowest BCUT2D eigenvalue weighted by Crippen LogP contribution is -2.47. The molecule has 4 atom stereocenters. The first-order valence-electron chi connectivity index (χ1n) is 10.3. The maximum atomic E-state index is 13.1. The van der Waals surface area contributed by atoms with Crippen molar-refractivity contribution in [1.29, 1.82) is 0 Å². The smallest absolute Gasteiger partial charge is 0.302 e. The number of carbonyl (C=O) groups is 2. The van der Waals surface area contributed by atoms with Crippen LogP contribution in [-0.2, 0) is 35.2 Å². The molecule has 2 aromatic carbocycles. The van der Waals surface area contributed by atoms with Gasteiger partial charge in [-0.2, -0.15) is 8.42 Å². The van der Waals surface area contributed by atoms with Crippen molar-refractivity contribution in [3.63, 3.8) is 0 Å². The van der Waals surface area contributed by atoms with Gasteiger partial charge >= 0.3 is 5.97 Å². The molecule has 1 saturated carbocycles. The van der Waals surface area contributed by atoms with Gasteiger partial charge in [-0.25, -0.2) is 0 Å². The predicted octanol–water partition coefficient (Wildman–Crippen LogP) is 2.44. The van der Waals surface area contributed by atoms with E-state index in [0.29, 0.717) is 5.75 Å². The molecule has 1 saturated heterocycles. The number of likely N-dealkylation sites (tertiary alicyclic amines) is 1. The number of amides is 1. The summed E-state index contributed by atoms with van der Waals surface area (Å²) in [4.78, 5) is 26.3. The van der Waals surface area contributed by atoms with Gasteiger partial charge in [0.25, 0.3) is 10.1 Å². The van der Waals surface area contributed by atoms with Gasteiger partial charge in [-0.15, -0.1) is 0 Å². The summed E-state index contributed by atoms with van der Waals surface area (Å²) in [7, 11) is -2.54. The van der Waals surface area contributed by atoms with Crippen LogP contribution in [0.5, 0.6) is 5.75 Å². The molecular weight excluding hydrogens is 434 g/mol.